The number of carbonyl (C=O) groups is 2. The van der Waals surface area contributed by atoms with E-state index in [1.54, 1.807) is 0 Å². The van der Waals surface area contributed by atoms with Crippen LogP contribution in [-0.4, -0.2) is 16.4 Å². The van der Waals surface area contributed by atoms with E-state index in [1.165, 1.54) is 124 Å². The van der Waals surface area contributed by atoms with Crippen molar-refractivity contribution in [3.63, 3.8) is 0 Å². The predicted molar refractivity (Wildman–Crippen MR) is 366 cm³/mol. The minimum atomic E-state index is -0.446. The minimum Gasteiger partial charge on any atom is -0.344 e. The summed E-state index contributed by atoms with van der Waals surface area (Å²) in [6.45, 7) is 23.7. The van der Waals surface area contributed by atoms with Gasteiger partial charge in [-0.05, 0) is 173 Å². The first-order valence-corrected chi connectivity index (χ1v) is 32.3. The second-order valence-corrected chi connectivity index (χ2v) is 27.8. The van der Waals surface area contributed by atoms with Crippen LogP contribution in [0.2, 0.25) is 0 Å². The van der Waals surface area contributed by atoms with E-state index in [1.807, 2.05) is 12.1 Å². The standard InChI is InChI=1S/C83H75N3O2/c1-11-12-13-18-43-84-72-44-51(50-29-32-52(33-30-50)85(53-34-37-59-57-21-14-16-27-67(57)81(6,7)70(59)45-53)54-35-38-60-58-22-15-17-28-68(58)82(8,9)71(60)46-54)31-36-63(72)74-64-26-20-25-62-61-39-40-65-75-66(41-42-69(76(61)75)83(10,77(62)64)47-73(74)84)80(88)86(79(65)87)78-55(48(2)3)23-19-24-56(78)49(4)5/h14-17,19-42,44-46,48-49H,11-13,18,43,47H2,1-10H3. The fourth-order valence-corrected chi connectivity index (χ4v) is 17.0. The molecular weight excluding hydrogens is 1070 g/mol. The molecule has 1 aliphatic heterocycles. The van der Waals surface area contributed by atoms with Crippen LogP contribution in [0.4, 0.5) is 22.7 Å². The van der Waals surface area contributed by atoms with Crippen LogP contribution < -0.4 is 9.80 Å². The van der Waals surface area contributed by atoms with Crippen molar-refractivity contribution >= 4 is 56.2 Å². The van der Waals surface area contributed by atoms with Crippen LogP contribution in [0.5, 0.6) is 0 Å². The van der Waals surface area contributed by atoms with Gasteiger partial charge in [0.1, 0.15) is 0 Å². The summed E-state index contributed by atoms with van der Waals surface area (Å²) in [6, 6.07) is 70.2. The lowest BCUT2D eigenvalue weighted by Gasteiger charge is -2.43. The van der Waals surface area contributed by atoms with E-state index in [4.69, 9.17) is 0 Å². The number of unbranched alkanes of at least 4 members (excludes halogenated alkanes) is 3. The normalized spacial score (nSPS) is 16.7. The lowest BCUT2D eigenvalue weighted by Crippen LogP contribution is -2.42. The van der Waals surface area contributed by atoms with Crippen LogP contribution in [0.1, 0.15) is 178 Å². The molecule has 2 heterocycles. The Morgan fingerprint density at radius 1 is 0.455 bits per heavy atom. The van der Waals surface area contributed by atoms with Crippen molar-refractivity contribution in [2.45, 2.75) is 136 Å². The third kappa shape index (κ3) is 7.52. The summed E-state index contributed by atoms with van der Waals surface area (Å²) in [7, 11) is 0. The maximum Gasteiger partial charge on any atom is 0.266 e. The van der Waals surface area contributed by atoms with Crippen LogP contribution in [0.15, 0.2) is 188 Å². The molecule has 0 bridgehead atoms. The molecule has 5 nitrogen and oxygen atoms in total. The number of aryl methyl sites for hydroxylation is 1. The van der Waals surface area contributed by atoms with Crippen LogP contribution in [0, 0.1) is 0 Å². The molecule has 1 unspecified atom stereocenters. The third-order valence-corrected chi connectivity index (χ3v) is 21.4. The molecule has 0 N–H and O–H groups in total. The lowest BCUT2D eigenvalue weighted by molar-refractivity contribution is 0.0892. The van der Waals surface area contributed by atoms with Crippen molar-refractivity contribution in [2.75, 3.05) is 9.80 Å². The van der Waals surface area contributed by atoms with Crippen molar-refractivity contribution in [3.05, 3.63) is 249 Å². The zero-order valence-electron chi connectivity index (χ0n) is 52.5. The van der Waals surface area contributed by atoms with E-state index in [2.05, 4.69) is 255 Å². The van der Waals surface area contributed by atoms with Gasteiger partial charge in [0.05, 0.1) is 5.69 Å². The first kappa shape index (κ1) is 54.3. The third-order valence-electron chi connectivity index (χ3n) is 21.4. The molecule has 1 atom stereocenters. The van der Waals surface area contributed by atoms with Gasteiger partial charge in [-0.3, -0.25) is 9.59 Å². The fourth-order valence-electron chi connectivity index (χ4n) is 17.0. The van der Waals surface area contributed by atoms with E-state index in [0.717, 1.165) is 69.6 Å². The van der Waals surface area contributed by atoms with Crippen molar-refractivity contribution in [3.8, 4) is 55.6 Å². The number of hydrogen-bond donors (Lipinski definition) is 0. The van der Waals surface area contributed by atoms with Crippen molar-refractivity contribution in [1.82, 2.24) is 4.57 Å². The highest BCUT2D eigenvalue weighted by atomic mass is 16.2. The summed E-state index contributed by atoms with van der Waals surface area (Å²) in [6.07, 6.45) is 5.42. The van der Waals surface area contributed by atoms with Gasteiger partial charge in [-0.1, -0.05) is 222 Å². The number of amides is 2. The van der Waals surface area contributed by atoms with E-state index < -0.39 is 5.41 Å². The largest absolute Gasteiger partial charge is 0.344 e. The Hall–Kier alpha value is -9.06. The van der Waals surface area contributed by atoms with Gasteiger partial charge in [-0.25, -0.2) is 4.90 Å². The SMILES string of the molecule is CCCCCCn1c2c(c3ccc(-c4ccc(N(c5ccc6c(c5)C(C)(C)c5ccccc5-6)c5ccc6c(c5)C(C)(C)c5ccccc5-6)cc4)cc31)-c1cccc3c1C(C)(C2)c1ccc2c4c(ccc-3c14)C(=O)N(c1c(C(C)C)cccc1C(C)C)C2=O. The Kier molecular flexibility index (Phi) is 12.0. The molecule has 1 aromatic heterocycles. The van der Waals surface area contributed by atoms with Crippen LogP contribution in [0.25, 0.3) is 77.3 Å². The molecule has 0 fully saturated rings. The average molecular weight is 1150 g/mol. The number of fused-ring (bicyclic) bond motifs is 12. The van der Waals surface area contributed by atoms with Gasteiger partial charge >= 0.3 is 0 Å². The monoisotopic (exact) mass is 1150 g/mol. The summed E-state index contributed by atoms with van der Waals surface area (Å²) in [5.41, 5.74) is 29.8. The molecule has 16 rings (SSSR count). The number of rotatable bonds is 12. The fraction of sp³-hybridized carbons (Fsp3) is 0.253. The molecule has 10 aromatic carbocycles. The molecule has 0 spiro atoms. The Balaban J connectivity index is 0.810. The summed E-state index contributed by atoms with van der Waals surface area (Å²) in [4.78, 5) is 34.5. The van der Waals surface area contributed by atoms with Crippen molar-refractivity contribution in [2.24, 2.45) is 0 Å². The zero-order chi connectivity index (χ0) is 60.4. The highest BCUT2D eigenvalue weighted by molar-refractivity contribution is 6.37. The van der Waals surface area contributed by atoms with E-state index in [-0.39, 0.29) is 34.5 Å². The Labute approximate surface area is 518 Å². The number of anilines is 4. The topological polar surface area (TPSA) is 45.6 Å². The molecule has 2 amide bonds. The van der Waals surface area contributed by atoms with Gasteiger partial charge in [-0.15, -0.1) is 0 Å². The maximum absolute atomic E-state index is 15.3. The summed E-state index contributed by atoms with van der Waals surface area (Å²) in [5.74, 6) is -0.250. The van der Waals surface area contributed by atoms with E-state index in [0.29, 0.717) is 11.1 Å². The van der Waals surface area contributed by atoms with Gasteiger partial charge in [0.25, 0.3) is 11.8 Å². The number of aromatic nitrogens is 1. The molecule has 4 aliphatic carbocycles. The van der Waals surface area contributed by atoms with Gasteiger partial charge < -0.3 is 9.47 Å². The number of nitrogens with zero attached hydrogens (tertiary/aromatic N) is 3. The lowest BCUT2D eigenvalue weighted by atomic mass is 9.60. The van der Waals surface area contributed by atoms with Crippen LogP contribution in [0.3, 0.4) is 0 Å². The average Bonchev–Trinajstić information content (AvgIpc) is 1.01. The summed E-state index contributed by atoms with van der Waals surface area (Å²) in [5, 5.41) is 3.12. The zero-order valence-corrected chi connectivity index (χ0v) is 52.5. The Morgan fingerprint density at radius 2 is 0.977 bits per heavy atom. The summed E-state index contributed by atoms with van der Waals surface area (Å²) < 4.78 is 2.67. The first-order valence-electron chi connectivity index (χ1n) is 32.3. The van der Waals surface area contributed by atoms with Crippen LogP contribution in [-0.2, 0) is 29.2 Å². The first-order chi connectivity index (χ1) is 42.5. The Morgan fingerprint density at radius 3 is 1.59 bits per heavy atom. The number of para-hydroxylation sites is 1. The highest BCUT2D eigenvalue weighted by Gasteiger charge is 2.48. The molecular formula is C83H75N3O2. The molecule has 5 aliphatic rings. The molecule has 5 heteroatoms. The van der Waals surface area contributed by atoms with Crippen molar-refractivity contribution in [1.29, 1.82) is 0 Å². The minimum absolute atomic E-state index is 0.119. The highest BCUT2D eigenvalue weighted by Crippen LogP contribution is 2.60. The number of imide groups is 1. The van der Waals surface area contributed by atoms with Gasteiger partial charge in [0, 0.05) is 84.9 Å². The second-order valence-electron chi connectivity index (χ2n) is 27.8. The molecule has 88 heavy (non-hydrogen) atoms. The number of carbonyl (C=O) groups excluding carboxylic acids is 2. The summed E-state index contributed by atoms with van der Waals surface area (Å²) >= 11 is 0. The van der Waals surface area contributed by atoms with Gasteiger partial charge in [0.2, 0.25) is 0 Å². The maximum atomic E-state index is 15.3. The van der Waals surface area contributed by atoms with Crippen molar-refractivity contribution < 1.29 is 9.59 Å². The number of benzene rings is 10. The molecule has 434 valence electrons. The smallest absolute Gasteiger partial charge is 0.266 e. The second kappa shape index (κ2) is 19.5. The molecule has 11 aromatic rings. The Bertz CT molecular complexity index is 4680. The molecule has 0 saturated heterocycles. The number of hydrogen-bond acceptors (Lipinski definition) is 3. The van der Waals surface area contributed by atoms with E-state index >= 15 is 9.59 Å². The molecule has 0 radical (unpaired) electrons. The van der Waals surface area contributed by atoms with Gasteiger partial charge in [-0.2, -0.15) is 0 Å². The quantitative estimate of drug-likeness (QED) is 0.0905. The molecule has 0 saturated carbocycles. The van der Waals surface area contributed by atoms with Crippen LogP contribution >= 0.6 is 0 Å². The van der Waals surface area contributed by atoms with Gasteiger partial charge in [0.15, 0.2) is 0 Å². The van der Waals surface area contributed by atoms with E-state index in [9.17, 15) is 0 Å². The predicted octanol–water partition coefficient (Wildman–Crippen LogP) is 21.7.